The fraction of sp³-hybridized carbons (Fsp3) is 0.200. The van der Waals surface area contributed by atoms with Crippen molar-refractivity contribution in [1.82, 2.24) is 0 Å². The quantitative estimate of drug-likeness (QED) is 0.710. The van der Waals surface area contributed by atoms with Gasteiger partial charge in [-0.3, -0.25) is 0 Å². The van der Waals surface area contributed by atoms with E-state index >= 15 is 0 Å². The molecule has 0 aromatic heterocycles. The van der Waals surface area contributed by atoms with Crippen LogP contribution in [-0.2, 0) is 6.42 Å². The van der Waals surface area contributed by atoms with Gasteiger partial charge in [0.1, 0.15) is 11.5 Å². The molecule has 0 fully saturated rings. The van der Waals surface area contributed by atoms with Gasteiger partial charge in [0, 0.05) is 14.1 Å². The fourth-order valence-electron chi connectivity index (χ4n) is 1.77. The summed E-state index contributed by atoms with van der Waals surface area (Å²) in [5.74, 6) is 1.67. The average molecular weight is 432 g/mol. The van der Waals surface area contributed by atoms with Crippen LogP contribution in [0.3, 0.4) is 0 Å². The smallest absolute Gasteiger partial charge is 0.128 e. The number of nitrogens with two attached hydrogens (primary N) is 1. The molecule has 1 atom stereocenters. The van der Waals surface area contributed by atoms with Crippen molar-refractivity contribution in [1.29, 1.82) is 0 Å². The Labute approximate surface area is 135 Å². The summed E-state index contributed by atoms with van der Waals surface area (Å²) >= 11 is 5.84. The maximum absolute atomic E-state index is 5.83. The van der Waals surface area contributed by atoms with Crippen molar-refractivity contribution in [3.63, 3.8) is 0 Å². The van der Waals surface area contributed by atoms with Gasteiger partial charge >= 0.3 is 0 Å². The first kappa shape index (κ1) is 14.8. The highest BCUT2D eigenvalue weighted by molar-refractivity contribution is 14.1. The van der Waals surface area contributed by atoms with Crippen molar-refractivity contribution in [2.24, 2.45) is 5.73 Å². The van der Waals surface area contributed by atoms with Gasteiger partial charge in [0.2, 0.25) is 0 Å². The lowest BCUT2D eigenvalue weighted by atomic mass is 10.1. The van der Waals surface area contributed by atoms with E-state index in [9.17, 15) is 0 Å². The fourth-order valence-corrected chi connectivity index (χ4v) is 2.80. The van der Waals surface area contributed by atoms with Crippen molar-refractivity contribution >= 4 is 38.5 Å². The van der Waals surface area contributed by atoms with Crippen molar-refractivity contribution in [2.75, 3.05) is 0 Å². The second-order valence-corrected chi connectivity index (χ2v) is 6.59. The van der Waals surface area contributed by atoms with Gasteiger partial charge in [0.05, 0.1) is 0 Å². The Balaban J connectivity index is 2.16. The molecule has 0 aliphatic heterocycles. The Morgan fingerprint density at radius 2 is 1.95 bits per heavy atom. The lowest BCUT2D eigenvalue weighted by Gasteiger charge is -2.11. The van der Waals surface area contributed by atoms with Crippen LogP contribution >= 0.6 is 38.5 Å². The van der Waals surface area contributed by atoms with Crippen molar-refractivity contribution in [3.05, 3.63) is 56.1 Å². The highest BCUT2D eigenvalue weighted by Crippen LogP contribution is 2.28. The molecule has 0 saturated carbocycles. The molecule has 0 bridgehead atoms. The Morgan fingerprint density at radius 1 is 1.21 bits per heavy atom. The molecule has 100 valence electrons. The predicted octanol–water partition coefficient (Wildman–Crippen LogP) is 4.74. The third-order valence-electron chi connectivity index (χ3n) is 2.60. The van der Waals surface area contributed by atoms with E-state index in [0.29, 0.717) is 0 Å². The summed E-state index contributed by atoms with van der Waals surface area (Å²) in [5.41, 5.74) is 7.02. The van der Waals surface area contributed by atoms with Crippen molar-refractivity contribution in [3.8, 4) is 11.5 Å². The topological polar surface area (TPSA) is 35.2 Å². The molecule has 0 radical (unpaired) electrons. The number of ether oxygens (including phenoxy) is 1. The van der Waals surface area contributed by atoms with Crippen molar-refractivity contribution in [2.45, 2.75) is 19.4 Å². The Morgan fingerprint density at radius 3 is 2.58 bits per heavy atom. The number of rotatable bonds is 4. The lowest BCUT2D eigenvalue weighted by Crippen LogP contribution is -2.17. The molecule has 0 aliphatic carbocycles. The van der Waals surface area contributed by atoms with Gasteiger partial charge in [-0.15, -0.1) is 0 Å². The summed E-state index contributed by atoms with van der Waals surface area (Å²) in [7, 11) is 0. The van der Waals surface area contributed by atoms with Crippen LogP contribution < -0.4 is 10.5 Å². The molecular formula is C15H15BrINO. The Bertz CT molecular complexity index is 572. The zero-order chi connectivity index (χ0) is 13.8. The number of hydrogen-bond donors (Lipinski definition) is 1. The predicted molar refractivity (Wildman–Crippen MR) is 90.7 cm³/mol. The van der Waals surface area contributed by atoms with Crippen LogP contribution in [0.25, 0.3) is 0 Å². The molecule has 2 aromatic carbocycles. The molecule has 0 heterocycles. The molecule has 0 amide bonds. The molecule has 0 spiro atoms. The largest absolute Gasteiger partial charge is 0.457 e. The van der Waals surface area contributed by atoms with Gasteiger partial charge in [0.15, 0.2) is 0 Å². The minimum absolute atomic E-state index is 0.152. The number of halogens is 2. The van der Waals surface area contributed by atoms with Gasteiger partial charge in [-0.1, -0.05) is 28.1 Å². The zero-order valence-corrected chi connectivity index (χ0v) is 14.3. The molecule has 2 rings (SSSR count). The first-order chi connectivity index (χ1) is 9.04. The second-order valence-electron chi connectivity index (χ2n) is 4.49. The molecule has 2 aromatic rings. The van der Waals surface area contributed by atoms with Crippen LogP contribution in [-0.4, -0.2) is 6.04 Å². The zero-order valence-electron chi connectivity index (χ0n) is 10.6. The van der Waals surface area contributed by atoms with Crippen LogP contribution in [0.15, 0.2) is 46.9 Å². The molecule has 19 heavy (non-hydrogen) atoms. The van der Waals surface area contributed by atoms with Crippen LogP contribution in [0.5, 0.6) is 11.5 Å². The molecule has 1 unspecified atom stereocenters. The Hall–Kier alpha value is -0.590. The van der Waals surface area contributed by atoms with Crippen LogP contribution in [0.1, 0.15) is 12.5 Å². The molecule has 4 heteroatoms. The van der Waals surface area contributed by atoms with E-state index in [4.69, 9.17) is 10.5 Å². The molecule has 2 N–H and O–H groups in total. The second kappa shape index (κ2) is 6.72. The SMILES string of the molecule is CC(N)Cc1ccc(Oc2cccc(I)c2)cc1Br. The molecular weight excluding hydrogens is 417 g/mol. The highest BCUT2D eigenvalue weighted by Gasteiger charge is 2.05. The Kier molecular flexibility index (Phi) is 5.24. The minimum atomic E-state index is 0.152. The van der Waals surface area contributed by atoms with E-state index in [2.05, 4.69) is 44.6 Å². The standard InChI is InChI=1S/C15H15BrINO/c1-10(18)7-11-5-6-14(9-15(11)16)19-13-4-2-3-12(17)8-13/h2-6,8-10H,7,18H2,1H3. The third-order valence-corrected chi connectivity index (χ3v) is 4.01. The van der Waals surface area contributed by atoms with Gasteiger partial charge in [-0.05, 0) is 71.8 Å². The maximum atomic E-state index is 5.83. The van der Waals surface area contributed by atoms with Crippen LogP contribution in [0, 0.1) is 3.57 Å². The highest BCUT2D eigenvalue weighted by atomic mass is 127. The lowest BCUT2D eigenvalue weighted by molar-refractivity contribution is 0.481. The summed E-state index contributed by atoms with van der Waals surface area (Å²) in [4.78, 5) is 0. The van der Waals surface area contributed by atoms with Gasteiger partial charge in [0.25, 0.3) is 0 Å². The average Bonchev–Trinajstić information content (AvgIpc) is 2.32. The van der Waals surface area contributed by atoms with E-state index in [1.807, 2.05) is 43.3 Å². The first-order valence-electron chi connectivity index (χ1n) is 6.02. The maximum Gasteiger partial charge on any atom is 0.128 e. The van der Waals surface area contributed by atoms with E-state index < -0.39 is 0 Å². The summed E-state index contributed by atoms with van der Waals surface area (Å²) in [6, 6.07) is 14.1. The summed E-state index contributed by atoms with van der Waals surface area (Å²) < 4.78 is 8.02. The molecule has 2 nitrogen and oxygen atoms in total. The summed E-state index contributed by atoms with van der Waals surface area (Å²) in [6.45, 7) is 2.00. The minimum Gasteiger partial charge on any atom is -0.457 e. The van der Waals surface area contributed by atoms with Crippen molar-refractivity contribution < 1.29 is 4.74 Å². The normalized spacial score (nSPS) is 12.2. The van der Waals surface area contributed by atoms with Crippen LogP contribution in [0.4, 0.5) is 0 Å². The molecule has 0 aliphatic rings. The monoisotopic (exact) mass is 431 g/mol. The van der Waals surface area contributed by atoms with Gasteiger partial charge in [-0.25, -0.2) is 0 Å². The van der Waals surface area contributed by atoms with Gasteiger partial charge in [-0.2, -0.15) is 0 Å². The molecule has 0 saturated heterocycles. The van der Waals surface area contributed by atoms with E-state index in [1.165, 1.54) is 5.56 Å². The van der Waals surface area contributed by atoms with E-state index in [0.717, 1.165) is 26.0 Å². The summed E-state index contributed by atoms with van der Waals surface area (Å²) in [5, 5.41) is 0. The van der Waals surface area contributed by atoms with Gasteiger partial charge < -0.3 is 10.5 Å². The van der Waals surface area contributed by atoms with E-state index in [1.54, 1.807) is 0 Å². The number of benzene rings is 2. The van der Waals surface area contributed by atoms with Crippen LogP contribution in [0.2, 0.25) is 0 Å². The third kappa shape index (κ3) is 4.47. The van der Waals surface area contributed by atoms with E-state index in [-0.39, 0.29) is 6.04 Å². The first-order valence-corrected chi connectivity index (χ1v) is 7.89. The summed E-state index contributed by atoms with van der Waals surface area (Å²) in [6.07, 6.45) is 0.851. The number of hydrogen-bond acceptors (Lipinski definition) is 2.